The van der Waals surface area contributed by atoms with Gasteiger partial charge in [-0.15, -0.1) is 0 Å². The molecular formula is C17H28N2O. The third-order valence-corrected chi connectivity index (χ3v) is 5.34. The van der Waals surface area contributed by atoms with Crippen molar-refractivity contribution < 1.29 is 4.42 Å². The van der Waals surface area contributed by atoms with Crippen LogP contribution in [0.2, 0.25) is 0 Å². The lowest BCUT2D eigenvalue weighted by Crippen LogP contribution is -2.34. The molecule has 2 bridgehead atoms. The number of hydrogen-bond acceptors (Lipinski definition) is 3. The van der Waals surface area contributed by atoms with E-state index in [0.29, 0.717) is 6.04 Å². The summed E-state index contributed by atoms with van der Waals surface area (Å²) in [5, 5.41) is 3.54. The van der Waals surface area contributed by atoms with Gasteiger partial charge in [0.2, 0.25) is 0 Å². The zero-order valence-electron chi connectivity index (χ0n) is 12.8. The van der Waals surface area contributed by atoms with Crippen molar-refractivity contribution in [2.75, 3.05) is 26.7 Å². The van der Waals surface area contributed by atoms with Gasteiger partial charge in [-0.1, -0.05) is 6.42 Å². The van der Waals surface area contributed by atoms with Crippen LogP contribution in [-0.2, 0) is 0 Å². The van der Waals surface area contributed by atoms with Crippen LogP contribution in [0.4, 0.5) is 0 Å². The number of hydrogen-bond donors (Lipinski definition) is 1. The molecule has 1 aromatic rings. The van der Waals surface area contributed by atoms with Crippen LogP contribution in [0.3, 0.4) is 0 Å². The van der Waals surface area contributed by atoms with Gasteiger partial charge in [-0.05, 0) is 63.1 Å². The van der Waals surface area contributed by atoms with Gasteiger partial charge < -0.3 is 14.6 Å². The van der Waals surface area contributed by atoms with Crippen LogP contribution in [0.5, 0.6) is 0 Å². The van der Waals surface area contributed by atoms with E-state index in [4.69, 9.17) is 4.42 Å². The van der Waals surface area contributed by atoms with E-state index >= 15 is 0 Å². The molecule has 2 aliphatic carbocycles. The lowest BCUT2D eigenvalue weighted by atomic mass is 9.88. The van der Waals surface area contributed by atoms with Crippen LogP contribution in [-0.4, -0.2) is 31.6 Å². The topological polar surface area (TPSA) is 28.4 Å². The zero-order valence-corrected chi connectivity index (χ0v) is 12.8. The highest BCUT2D eigenvalue weighted by Gasteiger charge is 2.39. The van der Waals surface area contributed by atoms with Crippen molar-refractivity contribution in [3.8, 4) is 0 Å². The number of furan rings is 1. The molecule has 0 amide bonds. The van der Waals surface area contributed by atoms with E-state index in [2.05, 4.69) is 24.2 Å². The van der Waals surface area contributed by atoms with Gasteiger partial charge in [-0.2, -0.15) is 0 Å². The average Bonchev–Trinajstić information content (AvgIpc) is 3.16. The molecule has 3 nitrogen and oxygen atoms in total. The highest BCUT2D eigenvalue weighted by molar-refractivity contribution is 5.02. The zero-order chi connectivity index (χ0) is 13.9. The third-order valence-electron chi connectivity index (χ3n) is 5.34. The molecule has 2 saturated carbocycles. The average molecular weight is 276 g/mol. The van der Waals surface area contributed by atoms with E-state index in [1.807, 2.05) is 12.1 Å². The minimum atomic E-state index is 0.306. The Morgan fingerprint density at radius 2 is 2.30 bits per heavy atom. The van der Waals surface area contributed by atoms with Gasteiger partial charge >= 0.3 is 0 Å². The largest absolute Gasteiger partial charge is 0.468 e. The molecule has 0 saturated heterocycles. The Labute approximate surface area is 122 Å². The fourth-order valence-electron chi connectivity index (χ4n) is 4.20. The summed E-state index contributed by atoms with van der Waals surface area (Å²) >= 11 is 0. The van der Waals surface area contributed by atoms with Crippen molar-refractivity contribution in [1.82, 2.24) is 10.2 Å². The summed E-state index contributed by atoms with van der Waals surface area (Å²) in [5.74, 6) is 4.11. The van der Waals surface area contributed by atoms with Gasteiger partial charge in [-0.25, -0.2) is 0 Å². The lowest BCUT2D eigenvalue weighted by Gasteiger charge is -2.27. The van der Waals surface area contributed by atoms with Crippen molar-refractivity contribution in [1.29, 1.82) is 0 Å². The Balaban J connectivity index is 1.34. The summed E-state index contributed by atoms with van der Waals surface area (Å²) in [6.07, 6.45) is 7.76. The third kappa shape index (κ3) is 3.26. The molecular weight excluding hydrogens is 248 g/mol. The molecule has 0 spiro atoms. The summed E-state index contributed by atoms with van der Waals surface area (Å²) in [7, 11) is 2.27. The fraction of sp³-hybridized carbons (Fsp3) is 0.765. The SMILES string of the molecule is CC(NCCN(C)CC1CC2CCC1C2)c1ccco1. The molecule has 3 heteroatoms. The first-order valence-corrected chi connectivity index (χ1v) is 8.17. The highest BCUT2D eigenvalue weighted by Crippen LogP contribution is 2.48. The van der Waals surface area contributed by atoms with Crippen LogP contribution in [0.1, 0.15) is 44.4 Å². The Kier molecular flexibility index (Phi) is 4.47. The maximum atomic E-state index is 5.42. The van der Waals surface area contributed by atoms with Crippen LogP contribution in [0, 0.1) is 17.8 Å². The minimum Gasteiger partial charge on any atom is -0.468 e. The van der Waals surface area contributed by atoms with E-state index < -0.39 is 0 Å². The summed E-state index contributed by atoms with van der Waals surface area (Å²) in [6.45, 7) is 5.60. The summed E-state index contributed by atoms with van der Waals surface area (Å²) in [5.41, 5.74) is 0. The summed E-state index contributed by atoms with van der Waals surface area (Å²) < 4.78 is 5.42. The first-order valence-electron chi connectivity index (χ1n) is 8.17. The lowest BCUT2D eigenvalue weighted by molar-refractivity contribution is 0.218. The van der Waals surface area contributed by atoms with E-state index in [9.17, 15) is 0 Å². The highest BCUT2D eigenvalue weighted by atomic mass is 16.3. The summed E-state index contributed by atoms with van der Waals surface area (Å²) in [6, 6.07) is 4.30. The summed E-state index contributed by atoms with van der Waals surface area (Å²) in [4.78, 5) is 2.51. The minimum absolute atomic E-state index is 0.306. The van der Waals surface area contributed by atoms with Crippen molar-refractivity contribution >= 4 is 0 Å². The van der Waals surface area contributed by atoms with Gasteiger partial charge in [-0.3, -0.25) is 0 Å². The van der Waals surface area contributed by atoms with E-state index in [1.54, 1.807) is 6.26 Å². The monoisotopic (exact) mass is 276 g/mol. The smallest absolute Gasteiger partial charge is 0.120 e. The molecule has 0 aliphatic heterocycles. The molecule has 1 N–H and O–H groups in total. The van der Waals surface area contributed by atoms with Crippen LogP contribution in [0.25, 0.3) is 0 Å². The van der Waals surface area contributed by atoms with Crippen LogP contribution < -0.4 is 5.32 Å². The molecule has 4 unspecified atom stereocenters. The first kappa shape index (κ1) is 14.2. The second-order valence-electron chi connectivity index (χ2n) is 6.89. The molecule has 2 aliphatic rings. The molecule has 0 aromatic carbocycles. The second-order valence-corrected chi connectivity index (χ2v) is 6.89. The Bertz CT molecular complexity index is 403. The van der Waals surface area contributed by atoms with E-state index in [-0.39, 0.29) is 0 Å². The molecule has 4 atom stereocenters. The molecule has 20 heavy (non-hydrogen) atoms. The molecule has 0 radical (unpaired) electrons. The maximum absolute atomic E-state index is 5.42. The van der Waals surface area contributed by atoms with E-state index in [1.165, 1.54) is 32.2 Å². The van der Waals surface area contributed by atoms with Crippen LogP contribution in [0.15, 0.2) is 22.8 Å². The second kappa shape index (κ2) is 6.31. The standard InChI is InChI=1S/C17H28N2O/c1-13(17-4-3-9-20-17)18-7-8-19(2)12-16-11-14-5-6-15(16)10-14/h3-4,9,13-16,18H,5-8,10-12H2,1-2H3. The van der Waals surface area contributed by atoms with Gasteiger partial charge in [0.25, 0.3) is 0 Å². The van der Waals surface area contributed by atoms with Gasteiger partial charge in [0.1, 0.15) is 5.76 Å². The van der Waals surface area contributed by atoms with Crippen molar-refractivity contribution in [2.24, 2.45) is 17.8 Å². The molecule has 112 valence electrons. The van der Waals surface area contributed by atoms with Crippen molar-refractivity contribution in [3.63, 3.8) is 0 Å². The van der Waals surface area contributed by atoms with Crippen molar-refractivity contribution in [3.05, 3.63) is 24.2 Å². The molecule has 3 rings (SSSR count). The Hall–Kier alpha value is -0.800. The van der Waals surface area contributed by atoms with E-state index in [0.717, 1.165) is 36.6 Å². The molecule has 1 heterocycles. The van der Waals surface area contributed by atoms with Crippen LogP contribution >= 0.6 is 0 Å². The predicted octanol–water partition coefficient (Wildman–Crippen LogP) is 3.30. The quantitative estimate of drug-likeness (QED) is 0.828. The number of nitrogens with one attached hydrogen (secondary N) is 1. The fourth-order valence-corrected chi connectivity index (χ4v) is 4.20. The van der Waals surface area contributed by atoms with Gasteiger partial charge in [0, 0.05) is 19.6 Å². The maximum Gasteiger partial charge on any atom is 0.120 e. The van der Waals surface area contributed by atoms with Gasteiger partial charge in [0.15, 0.2) is 0 Å². The molecule has 1 aromatic heterocycles. The normalized spacial score (nSPS) is 30.2. The Morgan fingerprint density at radius 1 is 1.40 bits per heavy atom. The number of fused-ring (bicyclic) bond motifs is 2. The predicted molar refractivity (Wildman–Crippen MR) is 81.6 cm³/mol. The molecule has 2 fully saturated rings. The number of likely N-dealkylation sites (N-methyl/N-ethyl adjacent to an activating group) is 1. The van der Waals surface area contributed by atoms with Gasteiger partial charge in [0.05, 0.1) is 12.3 Å². The van der Waals surface area contributed by atoms with Crippen molar-refractivity contribution in [2.45, 2.75) is 38.6 Å². The number of nitrogens with zero attached hydrogens (tertiary/aromatic N) is 1. The number of rotatable bonds is 7. The first-order chi connectivity index (χ1) is 9.72. The Morgan fingerprint density at radius 3 is 2.95 bits per heavy atom.